The lowest BCUT2D eigenvalue weighted by Crippen LogP contribution is -2.40. The van der Waals surface area contributed by atoms with E-state index >= 15 is 0 Å². The molecule has 0 aromatic carbocycles. The molecule has 1 fully saturated rings. The first-order chi connectivity index (χ1) is 5.24. The van der Waals surface area contributed by atoms with Crippen LogP contribution in [0.15, 0.2) is 0 Å². The van der Waals surface area contributed by atoms with Crippen molar-refractivity contribution in [2.24, 2.45) is 0 Å². The largest absolute Gasteiger partial charge is 0.376 e. The van der Waals surface area contributed by atoms with Gasteiger partial charge in [-0.15, -0.1) is 0 Å². The number of hydrogen-bond donors (Lipinski definition) is 0. The van der Waals surface area contributed by atoms with E-state index in [0.29, 0.717) is 19.6 Å². The summed E-state index contributed by atoms with van der Waals surface area (Å²) < 4.78 is 10.3. The van der Waals surface area contributed by atoms with Crippen LogP contribution in [0.1, 0.15) is 20.3 Å². The van der Waals surface area contributed by atoms with E-state index in [1.807, 2.05) is 6.92 Å². The normalized spacial score (nSPS) is 20.9. The first kappa shape index (κ1) is 8.68. The van der Waals surface area contributed by atoms with Crippen LogP contribution in [-0.4, -0.2) is 31.2 Å². The van der Waals surface area contributed by atoms with E-state index in [-0.39, 0.29) is 18.0 Å². The summed E-state index contributed by atoms with van der Waals surface area (Å²) in [5, 5.41) is 0. The number of carbonyl (C=O) groups excluding carboxylic acids is 1. The lowest BCUT2D eigenvalue weighted by atomic mass is 10.2. The predicted octanol–water partition coefficient (Wildman–Crippen LogP) is 0.769. The van der Waals surface area contributed by atoms with Crippen LogP contribution >= 0.6 is 0 Å². The first-order valence-corrected chi connectivity index (χ1v) is 4.00. The zero-order valence-electron chi connectivity index (χ0n) is 7.00. The number of ketones is 1. The van der Waals surface area contributed by atoms with Crippen LogP contribution in [0.2, 0.25) is 0 Å². The summed E-state index contributed by atoms with van der Waals surface area (Å²) in [5.41, 5.74) is 0. The zero-order valence-corrected chi connectivity index (χ0v) is 7.00. The summed E-state index contributed by atoms with van der Waals surface area (Å²) in [6.45, 7) is 4.92. The maximum Gasteiger partial charge on any atom is 0.161 e. The molecule has 64 valence electrons. The molecule has 0 radical (unpaired) electrons. The fourth-order valence-corrected chi connectivity index (χ4v) is 0.945. The molecule has 0 saturated carbocycles. The Hall–Kier alpha value is -0.410. The van der Waals surface area contributed by atoms with Gasteiger partial charge in [0.15, 0.2) is 5.78 Å². The monoisotopic (exact) mass is 158 g/mol. The molecule has 0 spiro atoms. The van der Waals surface area contributed by atoms with E-state index in [9.17, 15) is 4.79 Å². The number of hydrogen-bond acceptors (Lipinski definition) is 3. The van der Waals surface area contributed by atoms with E-state index in [4.69, 9.17) is 9.47 Å². The van der Waals surface area contributed by atoms with Gasteiger partial charge in [0, 0.05) is 6.42 Å². The van der Waals surface area contributed by atoms with Gasteiger partial charge in [-0.3, -0.25) is 4.79 Å². The Labute approximate surface area is 66.7 Å². The Morgan fingerprint density at radius 1 is 1.73 bits per heavy atom. The van der Waals surface area contributed by atoms with Crippen LogP contribution in [0.25, 0.3) is 0 Å². The van der Waals surface area contributed by atoms with Crippen LogP contribution in [0.4, 0.5) is 0 Å². The minimum atomic E-state index is -0.256. The highest BCUT2D eigenvalue weighted by molar-refractivity contribution is 5.82. The second kappa shape index (κ2) is 3.83. The van der Waals surface area contributed by atoms with E-state index in [2.05, 4.69) is 0 Å². The molecule has 0 bridgehead atoms. The van der Waals surface area contributed by atoms with E-state index in [1.54, 1.807) is 6.92 Å². The topological polar surface area (TPSA) is 35.5 Å². The Morgan fingerprint density at radius 3 is 2.73 bits per heavy atom. The Kier molecular flexibility index (Phi) is 3.02. The maximum atomic E-state index is 11.0. The highest BCUT2D eigenvalue weighted by atomic mass is 16.6. The molecule has 0 aromatic rings. The van der Waals surface area contributed by atoms with Gasteiger partial charge in [0.25, 0.3) is 0 Å². The lowest BCUT2D eigenvalue weighted by Gasteiger charge is -2.28. The van der Waals surface area contributed by atoms with Crippen molar-refractivity contribution in [1.82, 2.24) is 0 Å². The molecular formula is C8H14O3. The second-order valence-corrected chi connectivity index (χ2v) is 2.76. The average Bonchev–Trinajstić information content (AvgIpc) is 1.94. The molecule has 0 N–H and O–H groups in total. The SMILES string of the molecule is CCC(=O)C(C)OC1COC1. The van der Waals surface area contributed by atoms with Crippen LogP contribution in [0, 0.1) is 0 Å². The fourth-order valence-electron chi connectivity index (χ4n) is 0.945. The molecule has 1 aliphatic heterocycles. The maximum absolute atomic E-state index is 11.0. The van der Waals surface area contributed by atoms with E-state index in [1.165, 1.54) is 0 Å². The third kappa shape index (κ3) is 2.27. The summed E-state index contributed by atoms with van der Waals surface area (Å²) in [6, 6.07) is 0. The van der Waals surface area contributed by atoms with Crippen molar-refractivity contribution < 1.29 is 14.3 Å². The van der Waals surface area contributed by atoms with Crippen molar-refractivity contribution in [2.75, 3.05) is 13.2 Å². The van der Waals surface area contributed by atoms with Crippen molar-refractivity contribution in [3.63, 3.8) is 0 Å². The molecule has 11 heavy (non-hydrogen) atoms. The third-order valence-electron chi connectivity index (χ3n) is 1.81. The molecule has 3 nitrogen and oxygen atoms in total. The van der Waals surface area contributed by atoms with Gasteiger partial charge in [0.2, 0.25) is 0 Å². The first-order valence-electron chi connectivity index (χ1n) is 4.00. The molecule has 1 saturated heterocycles. The molecule has 3 heteroatoms. The number of ether oxygens (including phenoxy) is 2. The Morgan fingerprint density at radius 2 is 2.36 bits per heavy atom. The molecule has 0 aromatic heterocycles. The summed E-state index contributed by atoms with van der Waals surface area (Å²) in [4.78, 5) is 11.0. The summed E-state index contributed by atoms with van der Waals surface area (Å²) in [5.74, 6) is 0.164. The van der Waals surface area contributed by atoms with Crippen molar-refractivity contribution in [1.29, 1.82) is 0 Å². The quantitative estimate of drug-likeness (QED) is 0.606. The molecule has 1 unspecified atom stereocenters. The van der Waals surface area contributed by atoms with Crippen LogP contribution < -0.4 is 0 Å². The lowest BCUT2D eigenvalue weighted by molar-refractivity contribution is -0.163. The van der Waals surface area contributed by atoms with Crippen molar-refractivity contribution in [3.05, 3.63) is 0 Å². The Bertz CT molecular complexity index is 140. The molecule has 1 rings (SSSR count). The van der Waals surface area contributed by atoms with E-state index in [0.717, 1.165) is 0 Å². The molecule has 1 aliphatic rings. The second-order valence-electron chi connectivity index (χ2n) is 2.76. The van der Waals surface area contributed by atoms with Gasteiger partial charge in [-0.1, -0.05) is 6.92 Å². The van der Waals surface area contributed by atoms with Gasteiger partial charge in [0.1, 0.15) is 12.2 Å². The van der Waals surface area contributed by atoms with E-state index < -0.39 is 0 Å². The summed E-state index contributed by atoms with van der Waals surface area (Å²) in [7, 11) is 0. The van der Waals surface area contributed by atoms with Crippen molar-refractivity contribution >= 4 is 5.78 Å². The minimum absolute atomic E-state index is 0.153. The van der Waals surface area contributed by atoms with Gasteiger partial charge in [-0.2, -0.15) is 0 Å². The van der Waals surface area contributed by atoms with Crippen LogP contribution in [-0.2, 0) is 14.3 Å². The smallest absolute Gasteiger partial charge is 0.161 e. The molecule has 0 aliphatic carbocycles. The number of Topliss-reactive ketones (excluding diaryl/α,β-unsaturated/α-hetero) is 1. The van der Waals surface area contributed by atoms with Crippen molar-refractivity contribution in [3.8, 4) is 0 Å². The van der Waals surface area contributed by atoms with Gasteiger partial charge in [0.05, 0.1) is 13.2 Å². The molecular weight excluding hydrogens is 144 g/mol. The molecule has 1 atom stereocenters. The molecule has 1 heterocycles. The van der Waals surface area contributed by atoms with Gasteiger partial charge < -0.3 is 9.47 Å². The Balaban J connectivity index is 2.18. The van der Waals surface area contributed by atoms with Crippen molar-refractivity contribution in [2.45, 2.75) is 32.5 Å². The molecule has 0 amide bonds. The standard InChI is InChI=1S/C8H14O3/c1-3-8(9)6(2)11-7-4-10-5-7/h6-7H,3-5H2,1-2H3. The number of carbonyl (C=O) groups is 1. The minimum Gasteiger partial charge on any atom is -0.376 e. The third-order valence-corrected chi connectivity index (χ3v) is 1.81. The fraction of sp³-hybridized carbons (Fsp3) is 0.875. The average molecular weight is 158 g/mol. The highest BCUT2D eigenvalue weighted by Gasteiger charge is 2.23. The predicted molar refractivity (Wildman–Crippen MR) is 40.5 cm³/mol. The zero-order chi connectivity index (χ0) is 8.27. The summed E-state index contributed by atoms with van der Waals surface area (Å²) in [6.07, 6.45) is 0.448. The van der Waals surface area contributed by atoms with Crippen LogP contribution in [0.3, 0.4) is 0 Å². The van der Waals surface area contributed by atoms with Gasteiger partial charge in [-0.05, 0) is 6.92 Å². The van der Waals surface area contributed by atoms with Gasteiger partial charge in [-0.25, -0.2) is 0 Å². The van der Waals surface area contributed by atoms with Crippen LogP contribution in [0.5, 0.6) is 0 Å². The summed E-state index contributed by atoms with van der Waals surface area (Å²) >= 11 is 0. The highest BCUT2D eigenvalue weighted by Crippen LogP contribution is 2.09. The van der Waals surface area contributed by atoms with Gasteiger partial charge >= 0.3 is 0 Å². The number of rotatable bonds is 4.